The van der Waals surface area contributed by atoms with E-state index in [9.17, 15) is 0 Å². The molecule has 0 aliphatic heterocycles. The lowest BCUT2D eigenvalue weighted by atomic mass is 9.74. The van der Waals surface area contributed by atoms with Crippen molar-refractivity contribution in [2.75, 3.05) is 0 Å². The Morgan fingerprint density at radius 3 is 2.45 bits per heavy atom. The third kappa shape index (κ3) is 1.85. The maximum Gasteiger partial charge on any atom is 0.0486 e. The molecule has 1 N–H and O–H groups in total. The van der Waals surface area contributed by atoms with Crippen molar-refractivity contribution in [3.8, 4) is 0 Å². The molecule has 1 heteroatoms. The van der Waals surface area contributed by atoms with E-state index in [0.29, 0.717) is 0 Å². The Morgan fingerprint density at radius 2 is 1.75 bits per heavy atom. The summed E-state index contributed by atoms with van der Waals surface area (Å²) < 4.78 is 0. The Morgan fingerprint density at radius 1 is 1.00 bits per heavy atom. The fourth-order valence-corrected chi connectivity index (χ4v) is 3.12. The second kappa shape index (κ2) is 4.82. The van der Waals surface area contributed by atoms with E-state index in [1.807, 2.05) is 0 Å². The van der Waals surface area contributed by atoms with Crippen LogP contribution in [-0.4, -0.2) is 4.98 Å². The molecular weight excluding hydrogens is 242 g/mol. The Kier molecular flexibility index (Phi) is 3.13. The molecule has 1 heterocycles. The van der Waals surface area contributed by atoms with Crippen LogP contribution in [0.25, 0.3) is 10.9 Å². The van der Waals surface area contributed by atoms with E-state index in [1.54, 1.807) is 0 Å². The molecule has 0 spiro atoms. The Labute approximate surface area is 120 Å². The number of aromatic nitrogens is 1. The van der Waals surface area contributed by atoms with Gasteiger partial charge in [0.25, 0.3) is 0 Å². The van der Waals surface area contributed by atoms with Crippen molar-refractivity contribution in [2.24, 2.45) is 0 Å². The molecule has 20 heavy (non-hydrogen) atoms. The van der Waals surface area contributed by atoms with Gasteiger partial charge in [0.1, 0.15) is 0 Å². The van der Waals surface area contributed by atoms with Gasteiger partial charge < -0.3 is 4.98 Å². The van der Waals surface area contributed by atoms with Crippen molar-refractivity contribution in [1.82, 2.24) is 4.98 Å². The van der Waals surface area contributed by atoms with Gasteiger partial charge in [0.15, 0.2) is 0 Å². The number of hydrogen-bond acceptors (Lipinski definition) is 0. The van der Waals surface area contributed by atoms with Gasteiger partial charge in [0.2, 0.25) is 0 Å². The molecule has 0 saturated heterocycles. The second-order valence-electron chi connectivity index (χ2n) is 5.75. The fraction of sp³-hybridized carbons (Fsp3) is 0.263. The van der Waals surface area contributed by atoms with Crippen LogP contribution in [0.2, 0.25) is 0 Å². The summed E-state index contributed by atoms with van der Waals surface area (Å²) in [6, 6.07) is 17.3. The van der Waals surface area contributed by atoms with Crippen LogP contribution in [0, 0.1) is 6.92 Å². The van der Waals surface area contributed by atoms with Crippen LogP contribution in [0.15, 0.2) is 54.7 Å². The highest BCUT2D eigenvalue weighted by Crippen LogP contribution is 2.39. The molecule has 0 bridgehead atoms. The molecule has 102 valence electrons. The van der Waals surface area contributed by atoms with Crippen LogP contribution in [0.3, 0.4) is 0 Å². The van der Waals surface area contributed by atoms with Gasteiger partial charge in [-0.2, -0.15) is 0 Å². The molecule has 2 aromatic carbocycles. The monoisotopic (exact) mass is 263 g/mol. The van der Waals surface area contributed by atoms with Crippen molar-refractivity contribution in [2.45, 2.75) is 32.6 Å². The molecule has 1 aromatic heterocycles. The van der Waals surface area contributed by atoms with Gasteiger partial charge in [0.05, 0.1) is 0 Å². The van der Waals surface area contributed by atoms with Crippen LogP contribution in [-0.2, 0) is 5.41 Å². The summed E-state index contributed by atoms with van der Waals surface area (Å²) in [4.78, 5) is 3.47. The maximum absolute atomic E-state index is 3.47. The highest BCUT2D eigenvalue weighted by Gasteiger charge is 2.29. The highest BCUT2D eigenvalue weighted by atomic mass is 14.7. The number of aryl methyl sites for hydroxylation is 1. The van der Waals surface area contributed by atoms with E-state index in [2.05, 4.69) is 80.5 Å². The first-order valence-corrected chi connectivity index (χ1v) is 7.29. The van der Waals surface area contributed by atoms with Gasteiger partial charge in [-0.1, -0.05) is 62.4 Å². The van der Waals surface area contributed by atoms with Gasteiger partial charge in [-0.3, -0.25) is 0 Å². The van der Waals surface area contributed by atoms with Crippen LogP contribution in [0.5, 0.6) is 0 Å². The molecule has 0 amide bonds. The number of rotatable bonds is 3. The van der Waals surface area contributed by atoms with Crippen molar-refractivity contribution in [1.29, 1.82) is 0 Å². The molecule has 0 aliphatic carbocycles. The molecule has 1 nitrogen and oxygen atoms in total. The lowest BCUT2D eigenvalue weighted by molar-refractivity contribution is 0.554. The Bertz CT molecular complexity index is 724. The molecule has 1 unspecified atom stereocenters. The zero-order valence-electron chi connectivity index (χ0n) is 12.4. The average Bonchev–Trinajstić information content (AvgIpc) is 2.93. The second-order valence-corrected chi connectivity index (χ2v) is 5.75. The number of nitrogens with one attached hydrogen (secondary N) is 1. The molecule has 0 saturated carbocycles. The number of para-hydroxylation sites is 1. The normalized spacial score (nSPS) is 14.3. The van der Waals surface area contributed by atoms with Crippen LogP contribution in [0.4, 0.5) is 0 Å². The molecular formula is C19H21N. The lowest BCUT2D eigenvalue weighted by Gasteiger charge is -2.29. The highest BCUT2D eigenvalue weighted by molar-refractivity contribution is 5.87. The van der Waals surface area contributed by atoms with Gasteiger partial charge in [-0.05, 0) is 30.0 Å². The van der Waals surface area contributed by atoms with E-state index in [1.165, 1.54) is 27.6 Å². The molecule has 0 aliphatic rings. The van der Waals surface area contributed by atoms with E-state index < -0.39 is 0 Å². The summed E-state index contributed by atoms with van der Waals surface area (Å²) in [7, 11) is 0. The minimum atomic E-state index is 0.0489. The van der Waals surface area contributed by atoms with Crippen molar-refractivity contribution >= 4 is 10.9 Å². The Balaban J connectivity index is 2.25. The average molecular weight is 263 g/mol. The number of fused-ring (bicyclic) bond motifs is 1. The quantitative estimate of drug-likeness (QED) is 0.669. The van der Waals surface area contributed by atoms with E-state index in [4.69, 9.17) is 0 Å². The molecule has 0 fully saturated rings. The van der Waals surface area contributed by atoms with Crippen LogP contribution < -0.4 is 0 Å². The predicted octanol–water partition coefficient (Wildman–Crippen LogP) is 5.19. The van der Waals surface area contributed by atoms with Gasteiger partial charge in [0, 0.05) is 22.5 Å². The van der Waals surface area contributed by atoms with Crippen LogP contribution in [0.1, 0.15) is 37.0 Å². The number of hydrogen-bond donors (Lipinski definition) is 1. The Hall–Kier alpha value is -2.02. The molecule has 3 aromatic rings. The first-order valence-electron chi connectivity index (χ1n) is 7.29. The summed E-state index contributed by atoms with van der Waals surface area (Å²) in [6.45, 7) is 6.77. The lowest BCUT2D eigenvalue weighted by Crippen LogP contribution is -2.22. The first kappa shape index (κ1) is 13.0. The largest absolute Gasteiger partial charge is 0.361 e. The van der Waals surface area contributed by atoms with E-state index in [-0.39, 0.29) is 5.41 Å². The van der Waals surface area contributed by atoms with Gasteiger partial charge in [-0.25, -0.2) is 0 Å². The summed E-state index contributed by atoms with van der Waals surface area (Å²) in [5, 5.41) is 1.35. The maximum atomic E-state index is 3.47. The van der Waals surface area contributed by atoms with E-state index >= 15 is 0 Å². The summed E-state index contributed by atoms with van der Waals surface area (Å²) in [5.41, 5.74) is 5.39. The summed E-state index contributed by atoms with van der Waals surface area (Å²) >= 11 is 0. The first-order chi connectivity index (χ1) is 9.66. The molecule has 0 radical (unpaired) electrons. The van der Waals surface area contributed by atoms with Crippen molar-refractivity contribution in [3.05, 3.63) is 71.4 Å². The molecule has 1 atom stereocenters. The zero-order valence-corrected chi connectivity index (χ0v) is 12.4. The summed E-state index contributed by atoms with van der Waals surface area (Å²) in [6.07, 6.45) is 3.27. The predicted molar refractivity (Wildman–Crippen MR) is 86.2 cm³/mol. The third-order valence-corrected chi connectivity index (χ3v) is 4.64. The SMILES string of the molecule is CCC(C)(c1ccccc1)c1c[nH]c2c(C)cccc12. The van der Waals surface area contributed by atoms with Gasteiger partial charge >= 0.3 is 0 Å². The van der Waals surface area contributed by atoms with Crippen LogP contribution >= 0.6 is 0 Å². The minimum Gasteiger partial charge on any atom is -0.361 e. The van der Waals surface area contributed by atoms with Crippen molar-refractivity contribution in [3.63, 3.8) is 0 Å². The van der Waals surface area contributed by atoms with Gasteiger partial charge in [-0.15, -0.1) is 0 Å². The topological polar surface area (TPSA) is 15.8 Å². The smallest absolute Gasteiger partial charge is 0.0486 e. The minimum absolute atomic E-state index is 0.0489. The third-order valence-electron chi connectivity index (χ3n) is 4.64. The number of benzene rings is 2. The molecule has 3 rings (SSSR count). The number of H-pyrrole nitrogens is 1. The number of aromatic amines is 1. The van der Waals surface area contributed by atoms with E-state index in [0.717, 1.165) is 6.42 Å². The standard InChI is InChI=1S/C19H21N/c1-4-19(3,15-10-6-5-7-11-15)17-13-20-18-14(2)9-8-12-16(17)18/h5-13,20H,4H2,1-3H3. The zero-order chi connectivity index (χ0) is 14.2. The van der Waals surface area contributed by atoms with Crippen molar-refractivity contribution < 1.29 is 0 Å². The summed E-state index contributed by atoms with van der Waals surface area (Å²) in [5.74, 6) is 0. The fourth-order valence-electron chi connectivity index (χ4n) is 3.12.